The highest BCUT2D eigenvalue weighted by atomic mass is 19.2. The molecule has 2 aromatic rings. The molecule has 0 amide bonds. The number of anilines is 1. The van der Waals surface area contributed by atoms with E-state index in [1.165, 1.54) is 0 Å². The van der Waals surface area contributed by atoms with Crippen molar-refractivity contribution >= 4 is 5.69 Å². The molecule has 1 nitrogen and oxygen atoms in total. The highest BCUT2D eigenvalue weighted by Gasteiger charge is 2.29. The summed E-state index contributed by atoms with van der Waals surface area (Å²) in [4.78, 5) is 0. The lowest BCUT2D eigenvalue weighted by Gasteiger charge is -2.17. The molecule has 21 heavy (non-hydrogen) atoms. The van der Waals surface area contributed by atoms with Gasteiger partial charge in [-0.05, 0) is 24.0 Å². The van der Waals surface area contributed by atoms with Gasteiger partial charge in [0.25, 0.3) is 0 Å². The molecule has 0 saturated heterocycles. The van der Waals surface area contributed by atoms with E-state index in [1.807, 2.05) is 12.1 Å². The van der Waals surface area contributed by atoms with Gasteiger partial charge in [0.2, 0.25) is 5.82 Å². The van der Waals surface area contributed by atoms with Crippen molar-refractivity contribution in [3.8, 4) is 0 Å². The molecular weight excluding hydrogens is 289 g/mol. The summed E-state index contributed by atoms with van der Waals surface area (Å²) in [6.07, 6.45) is 1.21. The fourth-order valence-corrected chi connectivity index (χ4v) is 2.61. The second-order valence-electron chi connectivity index (χ2n) is 4.88. The van der Waals surface area contributed by atoms with Crippen LogP contribution in [0.4, 0.5) is 27.6 Å². The van der Waals surface area contributed by atoms with E-state index in [0.717, 1.165) is 11.1 Å². The first-order valence-corrected chi connectivity index (χ1v) is 6.36. The highest BCUT2D eigenvalue weighted by Crippen LogP contribution is 2.36. The SMILES string of the molecule is Fc1c(F)c(F)c(NC2CCc3ccccc32)c(F)c1F. The van der Waals surface area contributed by atoms with Crippen molar-refractivity contribution in [2.45, 2.75) is 18.9 Å². The minimum atomic E-state index is -2.15. The number of nitrogens with one attached hydrogen (secondary N) is 1. The summed E-state index contributed by atoms with van der Waals surface area (Å²) >= 11 is 0. The largest absolute Gasteiger partial charge is 0.373 e. The van der Waals surface area contributed by atoms with Crippen LogP contribution in [0.2, 0.25) is 0 Å². The predicted molar refractivity (Wildman–Crippen MR) is 67.4 cm³/mol. The molecule has 1 aliphatic carbocycles. The van der Waals surface area contributed by atoms with Crippen LogP contribution in [0.5, 0.6) is 0 Å². The van der Waals surface area contributed by atoms with Gasteiger partial charge in [-0.3, -0.25) is 0 Å². The first kappa shape index (κ1) is 13.9. The van der Waals surface area contributed by atoms with Crippen molar-refractivity contribution in [3.05, 3.63) is 64.5 Å². The molecule has 6 heteroatoms. The van der Waals surface area contributed by atoms with Crippen LogP contribution >= 0.6 is 0 Å². The molecule has 1 N–H and O–H groups in total. The Morgan fingerprint density at radius 1 is 0.810 bits per heavy atom. The maximum atomic E-state index is 13.6. The van der Waals surface area contributed by atoms with Gasteiger partial charge in [0.1, 0.15) is 5.69 Å². The Kier molecular flexibility index (Phi) is 3.31. The molecule has 0 saturated carbocycles. The Bertz CT molecular complexity index is 684. The average molecular weight is 299 g/mol. The molecule has 0 radical (unpaired) electrons. The predicted octanol–water partition coefficient (Wildman–Crippen LogP) is 4.48. The molecular formula is C15H10F5N. The van der Waals surface area contributed by atoms with Crippen molar-refractivity contribution < 1.29 is 22.0 Å². The van der Waals surface area contributed by atoms with Crippen LogP contribution in [0.15, 0.2) is 24.3 Å². The number of halogens is 5. The quantitative estimate of drug-likeness (QED) is 0.490. The Morgan fingerprint density at radius 3 is 2.05 bits per heavy atom. The average Bonchev–Trinajstić information content (AvgIpc) is 2.91. The van der Waals surface area contributed by atoms with Gasteiger partial charge >= 0.3 is 0 Å². The summed E-state index contributed by atoms with van der Waals surface area (Å²) in [5, 5.41) is 2.45. The summed E-state index contributed by atoms with van der Waals surface area (Å²) in [6, 6.07) is 6.76. The van der Waals surface area contributed by atoms with Crippen molar-refractivity contribution in [1.82, 2.24) is 0 Å². The maximum Gasteiger partial charge on any atom is 0.200 e. The van der Waals surface area contributed by atoms with Crippen LogP contribution in [-0.4, -0.2) is 0 Å². The van der Waals surface area contributed by atoms with Gasteiger partial charge in [-0.25, -0.2) is 22.0 Å². The monoisotopic (exact) mass is 299 g/mol. The van der Waals surface area contributed by atoms with Crippen molar-refractivity contribution in [3.63, 3.8) is 0 Å². The van der Waals surface area contributed by atoms with Crippen molar-refractivity contribution in [2.75, 3.05) is 5.32 Å². The molecule has 1 atom stereocenters. The van der Waals surface area contributed by atoms with Crippen molar-refractivity contribution in [2.24, 2.45) is 0 Å². The van der Waals surface area contributed by atoms with Gasteiger partial charge in [0.15, 0.2) is 23.3 Å². The summed E-state index contributed by atoms with van der Waals surface area (Å²) in [6.45, 7) is 0. The molecule has 1 aliphatic rings. The topological polar surface area (TPSA) is 12.0 Å². The van der Waals surface area contributed by atoms with E-state index in [9.17, 15) is 22.0 Å². The van der Waals surface area contributed by atoms with E-state index in [4.69, 9.17) is 0 Å². The zero-order valence-electron chi connectivity index (χ0n) is 10.7. The number of hydrogen-bond acceptors (Lipinski definition) is 1. The molecule has 0 spiro atoms. The van der Waals surface area contributed by atoms with E-state index >= 15 is 0 Å². The fraction of sp³-hybridized carbons (Fsp3) is 0.200. The van der Waals surface area contributed by atoms with Crippen LogP contribution in [0.25, 0.3) is 0 Å². The Morgan fingerprint density at radius 2 is 1.38 bits per heavy atom. The van der Waals surface area contributed by atoms with E-state index < -0.39 is 40.8 Å². The maximum absolute atomic E-state index is 13.6. The highest BCUT2D eigenvalue weighted by molar-refractivity contribution is 5.51. The minimum Gasteiger partial charge on any atom is -0.373 e. The smallest absolute Gasteiger partial charge is 0.200 e. The van der Waals surface area contributed by atoms with Crippen molar-refractivity contribution in [1.29, 1.82) is 0 Å². The van der Waals surface area contributed by atoms with Gasteiger partial charge in [-0.1, -0.05) is 24.3 Å². The number of rotatable bonds is 2. The third-order valence-electron chi connectivity index (χ3n) is 3.66. The second kappa shape index (κ2) is 5.02. The minimum absolute atomic E-state index is 0.477. The fourth-order valence-electron chi connectivity index (χ4n) is 2.61. The zero-order chi connectivity index (χ0) is 15.1. The number of benzene rings is 2. The zero-order valence-corrected chi connectivity index (χ0v) is 10.7. The lowest BCUT2D eigenvalue weighted by molar-refractivity contribution is 0.380. The Hall–Kier alpha value is -2.11. The number of hydrogen-bond donors (Lipinski definition) is 1. The van der Waals surface area contributed by atoms with E-state index in [-0.39, 0.29) is 0 Å². The van der Waals surface area contributed by atoms with Gasteiger partial charge in [-0.15, -0.1) is 0 Å². The summed E-state index contributed by atoms with van der Waals surface area (Å²) in [5.41, 5.74) is 0.827. The molecule has 0 aromatic heterocycles. The van der Waals surface area contributed by atoms with Crippen LogP contribution in [0, 0.1) is 29.1 Å². The van der Waals surface area contributed by atoms with E-state index in [1.54, 1.807) is 12.1 Å². The molecule has 0 bridgehead atoms. The second-order valence-corrected chi connectivity index (χ2v) is 4.88. The summed E-state index contributed by atoms with van der Waals surface area (Å²) in [5.74, 6) is -9.71. The van der Waals surface area contributed by atoms with Crippen LogP contribution in [0.3, 0.4) is 0 Å². The molecule has 2 aromatic carbocycles. The van der Waals surface area contributed by atoms with Crippen LogP contribution in [0.1, 0.15) is 23.6 Å². The van der Waals surface area contributed by atoms with E-state index in [0.29, 0.717) is 12.8 Å². The van der Waals surface area contributed by atoms with Gasteiger partial charge in [0.05, 0.1) is 6.04 Å². The number of aryl methyl sites for hydroxylation is 1. The molecule has 0 aliphatic heterocycles. The normalized spacial score (nSPS) is 16.9. The van der Waals surface area contributed by atoms with Gasteiger partial charge < -0.3 is 5.32 Å². The van der Waals surface area contributed by atoms with Gasteiger partial charge in [-0.2, -0.15) is 0 Å². The molecule has 110 valence electrons. The number of fused-ring (bicyclic) bond motifs is 1. The van der Waals surface area contributed by atoms with E-state index in [2.05, 4.69) is 5.32 Å². The third kappa shape index (κ3) is 2.14. The summed E-state index contributed by atoms with van der Waals surface area (Å²) in [7, 11) is 0. The lowest BCUT2D eigenvalue weighted by atomic mass is 10.1. The van der Waals surface area contributed by atoms with Crippen LogP contribution in [-0.2, 0) is 6.42 Å². The Balaban J connectivity index is 2.01. The first-order chi connectivity index (χ1) is 10.0. The third-order valence-corrected chi connectivity index (χ3v) is 3.66. The standard InChI is InChI=1S/C15H10F5N/c16-10-11(17)13(19)15(14(20)12(10)18)21-9-6-5-7-3-1-2-4-8(7)9/h1-4,9,21H,5-6H2. The molecule has 0 fully saturated rings. The molecule has 3 rings (SSSR count). The van der Waals surface area contributed by atoms with Gasteiger partial charge in [0, 0.05) is 0 Å². The summed E-state index contributed by atoms with van der Waals surface area (Å²) < 4.78 is 66.6. The van der Waals surface area contributed by atoms with Crippen LogP contribution < -0.4 is 5.32 Å². The lowest BCUT2D eigenvalue weighted by Crippen LogP contribution is -2.13. The molecule has 1 unspecified atom stereocenters. The first-order valence-electron chi connectivity index (χ1n) is 6.36. The Labute approximate surface area is 117 Å². The molecule has 0 heterocycles.